The highest BCUT2D eigenvalue weighted by Gasteiger charge is 2.25. The van der Waals surface area contributed by atoms with E-state index in [-0.39, 0.29) is 23.6 Å². The molecule has 0 radical (unpaired) electrons. The number of pyridine rings is 1. The summed E-state index contributed by atoms with van der Waals surface area (Å²) >= 11 is 0. The smallest absolute Gasteiger partial charge is 0.329 e. The van der Waals surface area contributed by atoms with Crippen molar-refractivity contribution in [2.24, 2.45) is 5.73 Å². The van der Waals surface area contributed by atoms with Gasteiger partial charge in [0.15, 0.2) is 5.65 Å². The molecular formula is C14H14N4O3S. The maximum absolute atomic E-state index is 12.8. The van der Waals surface area contributed by atoms with Crippen LogP contribution in [0.1, 0.15) is 0 Å². The molecule has 8 heteroatoms. The molecule has 1 aromatic carbocycles. The topological polar surface area (TPSA) is 100.0 Å². The minimum Gasteiger partial charge on any atom is -0.329 e. The highest BCUT2D eigenvalue weighted by atomic mass is 32.2. The fourth-order valence-corrected chi connectivity index (χ4v) is 3.70. The third kappa shape index (κ3) is 2.13. The first-order valence-corrected chi connectivity index (χ1v) is 8.08. The first-order chi connectivity index (χ1) is 10.6. The summed E-state index contributed by atoms with van der Waals surface area (Å²) in [4.78, 5) is 16.6. The standard InChI is InChI=1S/C14H14N4O3S/c15-8-10-17-12-7-4-9-16-13(12)18(14(17)19)22(20,21)11-5-2-1-3-6-11/h1-7,9H,8,10,15H2. The van der Waals surface area contributed by atoms with Crippen molar-refractivity contribution in [1.82, 2.24) is 13.5 Å². The first-order valence-electron chi connectivity index (χ1n) is 6.64. The summed E-state index contributed by atoms with van der Waals surface area (Å²) < 4.78 is 27.6. The van der Waals surface area contributed by atoms with Gasteiger partial charge >= 0.3 is 5.69 Å². The summed E-state index contributed by atoms with van der Waals surface area (Å²) in [6.07, 6.45) is 1.45. The number of fused-ring (bicyclic) bond motifs is 1. The molecule has 0 aliphatic carbocycles. The number of nitrogens with two attached hydrogens (primary N) is 1. The van der Waals surface area contributed by atoms with Gasteiger partial charge in [0.1, 0.15) is 0 Å². The molecule has 0 aliphatic heterocycles. The predicted molar refractivity (Wildman–Crippen MR) is 82.1 cm³/mol. The Morgan fingerprint density at radius 1 is 1.09 bits per heavy atom. The average Bonchev–Trinajstić information content (AvgIpc) is 2.82. The normalized spacial score (nSPS) is 11.9. The van der Waals surface area contributed by atoms with Crippen LogP contribution in [-0.2, 0) is 16.6 Å². The Kier molecular flexibility index (Phi) is 3.55. The van der Waals surface area contributed by atoms with Crippen LogP contribution in [-0.4, -0.2) is 28.5 Å². The minimum absolute atomic E-state index is 0.0366. The average molecular weight is 318 g/mol. The number of benzene rings is 1. The van der Waals surface area contributed by atoms with Crippen LogP contribution in [0.15, 0.2) is 58.4 Å². The molecular weight excluding hydrogens is 304 g/mol. The highest BCUT2D eigenvalue weighted by molar-refractivity contribution is 7.90. The molecule has 114 valence electrons. The third-order valence-electron chi connectivity index (χ3n) is 3.29. The molecule has 2 N–H and O–H groups in total. The van der Waals surface area contributed by atoms with E-state index in [4.69, 9.17) is 5.73 Å². The van der Waals surface area contributed by atoms with E-state index in [1.54, 1.807) is 30.3 Å². The zero-order valence-corrected chi connectivity index (χ0v) is 12.4. The van der Waals surface area contributed by atoms with Gasteiger partial charge in [0.25, 0.3) is 10.0 Å². The van der Waals surface area contributed by atoms with Crippen molar-refractivity contribution in [2.75, 3.05) is 6.54 Å². The maximum atomic E-state index is 12.8. The lowest BCUT2D eigenvalue weighted by molar-refractivity contribution is 0.583. The van der Waals surface area contributed by atoms with Crippen molar-refractivity contribution in [1.29, 1.82) is 0 Å². The van der Waals surface area contributed by atoms with Crippen LogP contribution < -0.4 is 11.4 Å². The Morgan fingerprint density at radius 2 is 1.82 bits per heavy atom. The number of nitrogens with zero attached hydrogens (tertiary/aromatic N) is 3. The van der Waals surface area contributed by atoms with Crippen molar-refractivity contribution in [2.45, 2.75) is 11.4 Å². The number of hydrogen-bond donors (Lipinski definition) is 1. The van der Waals surface area contributed by atoms with E-state index in [1.807, 2.05) is 0 Å². The van der Waals surface area contributed by atoms with Crippen LogP contribution in [0.25, 0.3) is 11.2 Å². The number of hydrogen-bond acceptors (Lipinski definition) is 5. The van der Waals surface area contributed by atoms with Gasteiger partial charge in [0.2, 0.25) is 0 Å². The van der Waals surface area contributed by atoms with Crippen molar-refractivity contribution in [3.63, 3.8) is 0 Å². The van der Waals surface area contributed by atoms with E-state index in [0.717, 1.165) is 3.97 Å². The second-order valence-corrected chi connectivity index (χ2v) is 6.44. The Labute approximate surface area is 126 Å². The molecule has 0 spiro atoms. The van der Waals surface area contributed by atoms with E-state index in [1.165, 1.54) is 22.9 Å². The van der Waals surface area contributed by atoms with Crippen LogP contribution in [0.3, 0.4) is 0 Å². The summed E-state index contributed by atoms with van der Waals surface area (Å²) in [5.41, 5.74) is 5.39. The van der Waals surface area contributed by atoms with E-state index in [9.17, 15) is 13.2 Å². The minimum atomic E-state index is -4.01. The summed E-state index contributed by atoms with van der Waals surface area (Å²) in [5, 5.41) is 0. The van der Waals surface area contributed by atoms with E-state index in [2.05, 4.69) is 4.98 Å². The maximum Gasteiger partial charge on any atom is 0.344 e. The van der Waals surface area contributed by atoms with Crippen molar-refractivity contribution < 1.29 is 8.42 Å². The number of imidazole rings is 1. The Balaban J connectivity index is 2.37. The van der Waals surface area contributed by atoms with Crippen LogP contribution in [0, 0.1) is 0 Å². The second kappa shape index (κ2) is 5.39. The lowest BCUT2D eigenvalue weighted by Gasteiger charge is -2.04. The lowest BCUT2D eigenvalue weighted by atomic mass is 10.4. The van der Waals surface area contributed by atoms with E-state index < -0.39 is 15.7 Å². The quantitative estimate of drug-likeness (QED) is 0.750. The third-order valence-corrected chi connectivity index (χ3v) is 4.97. The van der Waals surface area contributed by atoms with Gasteiger partial charge in [-0.05, 0) is 24.3 Å². The molecule has 3 rings (SSSR count). The van der Waals surface area contributed by atoms with E-state index >= 15 is 0 Å². The molecule has 2 aromatic heterocycles. The van der Waals surface area contributed by atoms with Crippen LogP contribution in [0.2, 0.25) is 0 Å². The van der Waals surface area contributed by atoms with Gasteiger partial charge in [0.05, 0.1) is 10.4 Å². The summed E-state index contributed by atoms with van der Waals surface area (Å²) in [6.45, 7) is 0.442. The molecule has 0 saturated heterocycles. The molecule has 2 heterocycles. The molecule has 0 saturated carbocycles. The summed E-state index contributed by atoms with van der Waals surface area (Å²) in [7, 11) is -4.01. The summed E-state index contributed by atoms with van der Waals surface area (Å²) in [6, 6.07) is 11.1. The molecule has 7 nitrogen and oxygen atoms in total. The Hall–Kier alpha value is -2.45. The van der Waals surface area contributed by atoms with Crippen molar-refractivity contribution >= 4 is 21.2 Å². The Morgan fingerprint density at radius 3 is 2.50 bits per heavy atom. The molecule has 0 amide bonds. The SMILES string of the molecule is NCCn1c(=O)n(S(=O)(=O)c2ccccc2)c2ncccc21. The molecule has 22 heavy (non-hydrogen) atoms. The van der Waals surface area contributed by atoms with Gasteiger partial charge < -0.3 is 5.73 Å². The van der Waals surface area contributed by atoms with Gasteiger partial charge in [-0.1, -0.05) is 18.2 Å². The summed E-state index contributed by atoms with van der Waals surface area (Å²) in [5.74, 6) is 0. The van der Waals surface area contributed by atoms with Gasteiger partial charge in [0, 0.05) is 19.3 Å². The lowest BCUT2D eigenvalue weighted by Crippen LogP contribution is -2.31. The van der Waals surface area contributed by atoms with Gasteiger partial charge in [-0.2, -0.15) is 3.97 Å². The van der Waals surface area contributed by atoms with Crippen LogP contribution >= 0.6 is 0 Å². The van der Waals surface area contributed by atoms with Gasteiger partial charge in [-0.25, -0.2) is 18.2 Å². The van der Waals surface area contributed by atoms with Crippen LogP contribution in [0.4, 0.5) is 0 Å². The first kappa shape index (κ1) is 14.5. The number of aromatic nitrogens is 3. The van der Waals surface area contributed by atoms with E-state index in [0.29, 0.717) is 5.52 Å². The predicted octanol–water partition coefficient (Wildman–Crippen LogP) is 0.394. The zero-order chi connectivity index (χ0) is 15.7. The van der Waals surface area contributed by atoms with Crippen LogP contribution in [0.5, 0.6) is 0 Å². The molecule has 0 bridgehead atoms. The fourth-order valence-electron chi connectivity index (χ4n) is 2.32. The largest absolute Gasteiger partial charge is 0.344 e. The monoisotopic (exact) mass is 318 g/mol. The highest BCUT2D eigenvalue weighted by Crippen LogP contribution is 2.17. The molecule has 0 unspecified atom stereocenters. The molecule has 0 atom stereocenters. The van der Waals surface area contributed by atoms with Gasteiger partial charge in [-0.15, -0.1) is 0 Å². The molecule has 0 aliphatic rings. The molecule has 3 aromatic rings. The zero-order valence-electron chi connectivity index (χ0n) is 11.6. The van der Waals surface area contributed by atoms with Crippen molar-refractivity contribution in [3.05, 3.63) is 59.1 Å². The Bertz CT molecular complexity index is 974. The number of rotatable bonds is 4. The second-order valence-electron chi connectivity index (χ2n) is 4.65. The van der Waals surface area contributed by atoms with Crippen molar-refractivity contribution in [3.8, 4) is 0 Å². The van der Waals surface area contributed by atoms with Gasteiger partial charge in [-0.3, -0.25) is 4.57 Å². The fraction of sp³-hybridized carbons (Fsp3) is 0.143. The molecule has 0 fully saturated rings.